The fraction of sp³-hybridized carbons (Fsp3) is 0.357. The van der Waals surface area contributed by atoms with Gasteiger partial charge in [-0.3, -0.25) is 4.98 Å². The molecule has 0 aliphatic rings. The molecule has 0 aliphatic carbocycles. The van der Waals surface area contributed by atoms with Crippen LogP contribution in [0.1, 0.15) is 19.8 Å². The third-order valence-corrected chi connectivity index (χ3v) is 5.07. The molecule has 0 fully saturated rings. The fourth-order valence-electron chi connectivity index (χ4n) is 1.99. The van der Waals surface area contributed by atoms with E-state index < -0.39 is 10.0 Å². The summed E-state index contributed by atoms with van der Waals surface area (Å²) in [6.07, 6.45) is 5.13. The third-order valence-electron chi connectivity index (χ3n) is 3.16. The monoisotopic (exact) mass is 278 g/mol. The molecular weight excluding hydrogens is 260 g/mol. The number of benzene rings is 1. The van der Waals surface area contributed by atoms with E-state index in [2.05, 4.69) is 4.98 Å². The summed E-state index contributed by atoms with van der Waals surface area (Å²) in [5.74, 6) is 0. The highest BCUT2D eigenvalue weighted by Crippen LogP contribution is 2.24. The van der Waals surface area contributed by atoms with Crippen molar-refractivity contribution in [3.8, 4) is 0 Å². The number of rotatable bonds is 5. The first-order valence-electron chi connectivity index (χ1n) is 6.36. The number of hydrogen-bond donors (Lipinski definition) is 0. The lowest BCUT2D eigenvalue weighted by Crippen LogP contribution is -2.28. The number of pyridine rings is 1. The van der Waals surface area contributed by atoms with Gasteiger partial charge in [0.15, 0.2) is 0 Å². The molecule has 2 aromatic rings. The number of sulfonamides is 1. The van der Waals surface area contributed by atoms with E-state index in [-0.39, 0.29) is 0 Å². The summed E-state index contributed by atoms with van der Waals surface area (Å²) in [5, 5.41) is 1.56. The maximum absolute atomic E-state index is 12.6. The molecular formula is C14H18N2O2S. The summed E-state index contributed by atoms with van der Waals surface area (Å²) < 4.78 is 26.5. The van der Waals surface area contributed by atoms with E-state index in [0.717, 1.165) is 23.6 Å². The summed E-state index contributed by atoms with van der Waals surface area (Å²) in [6.45, 7) is 2.59. The van der Waals surface area contributed by atoms with E-state index in [4.69, 9.17) is 0 Å². The quantitative estimate of drug-likeness (QED) is 0.845. The Morgan fingerprint density at radius 2 is 2.05 bits per heavy atom. The van der Waals surface area contributed by atoms with E-state index in [1.165, 1.54) is 4.31 Å². The van der Waals surface area contributed by atoms with Gasteiger partial charge in [-0.15, -0.1) is 0 Å². The van der Waals surface area contributed by atoms with E-state index >= 15 is 0 Å². The molecule has 0 amide bonds. The van der Waals surface area contributed by atoms with Crippen LogP contribution in [0.4, 0.5) is 0 Å². The largest absolute Gasteiger partial charge is 0.264 e. The van der Waals surface area contributed by atoms with Crippen LogP contribution in [0.5, 0.6) is 0 Å². The number of nitrogens with zero attached hydrogens (tertiary/aromatic N) is 2. The third kappa shape index (κ3) is 2.77. The van der Waals surface area contributed by atoms with Crippen molar-refractivity contribution in [3.63, 3.8) is 0 Å². The highest BCUT2D eigenvalue weighted by Gasteiger charge is 2.22. The van der Waals surface area contributed by atoms with E-state index in [1.807, 2.05) is 13.0 Å². The van der Waals surface area contributed by atoms with Crippen molar-refractivity contribution >= 4 is 20.8 Å². The molecule has 2 rings (SSSR count). The predicted octanol–water partition coefficient (Wildman–Crippen LogP) is 2.66. The van der Waals surface area contributed by atoms with Gasteiger partial charge in [0.1, 0.15) is 0 Å². The minimum Gasteiger partial charge on any atom is -0.264 e. The van der Waals surface area contributed by atoms with Crippen molar-refractivity contribution in [2.45, 2.75) is 24.7 Å². The molecule has 0 aliphatic heterocycles. The highest BCUT2D eigenvalue weighted by molar-refractivity contribution is 7.89. The zero-order chi connectivity index (χ0) is 13.9. The first-order valence-corrected chi connectivity index (χ1v) is 7.80. The van der Waals surface area contributed by atoms with Crippen LogP contribution in [0.25, 0.3) is 10.8 Å². The molecule has 19 heavy (non-hydrogen) atoms. The van der Waals surface area contributed by atoms with Gasteiger partial charge in [-0.1, -0.05) is 25.5 Å². The summed E-state index contributed by atoms with van der Waals surface area (Å²) in [4.78, 5) is 4.37. The van der Waals surface area contributed by atoms with Gasteiger partial charge in [0, 0.05) is 36.8 Å². The average Bonchev–Trinajstić information content (AvgIpc) is 2.43. The van der Waals surface area contributed by atoms with Crippen molar-refractivity contribution < 1.29 is 8.42 Å². The predicted molar refractivity (Wildman–Crippen MR) is 76.5 cm³/mol. The Bertz CT molecular complexity index is 663. The van der Waals surface area contributed by atoms with Crippen LogP contribution >= 0.6 is 0 Å². The van der Waals surface area contributed by atoms with Gasteiger partial charge in [0.2, 0.25) is 10.0 Å². The lowest BCUT2D eigenvalue weighted by atomic mass is 10.2. The Morgan fingerprint density at radius 1 is 1.26 bits per heavy atom. The highest BCUT2D eigenvalue weighted by atomic mass is 32.2. The second-order valence-electron chi connectivity index (χ2n) is 4.53. The van der Waals surface area contributed by atoms with Crippen LogP contribution in [0.2, 0.25) is 0 Å². The lowest BCUT2D eigenvalue weighted by Gasteiger charge is -2.18. The van der Waals surface area contributed by atoms with Crippen molar-refractivity contribution in [3.05, 3.63) is 36.7 Å². The second-order valence-corrected chi connectivity index (χ2v) is 6.55. The minimum absolute atomic E-state index is 0.353. The van der Waals surface area contributed by atoms with Crippen LogP contribution in [0.3, 0.4) is 0 Å². The van der Waals surface area contributed by atoms with Crippen LogP contribution < -0.4 is 0 Å². The standard InChI is InChI=1S/C14H18N2O2S/c1-3-4-10-16(2)19(17,18)14-7-5-6-12-11-15-9-8-13(12)14/h5-9,11H,3-4,10H2,1-2H3. The van der Waals surface area contributed by atoms with Crippen LogP contribution in [0, 0.1) is 0 Å². The lowest BCUT2D eigenvalue weighted by molar-refractivity contribution is 0.460. The smallest absolute Gasteiger partial charge is 0.243 e. The maximum Gasteiger partial charge on any atom is 0.243 e. The Labute approximate surface area is 114 Å². The molecule has 0 N–H and O–H groups in total. The Morgan fingerprint density at radius 3 is 2.79 bits per heavy atom. The molecule has 0 bridgehead atoms. The van der Waals surface area contributed by atoms with Crippen LogP contribution in [0.15, 0.2) is 41.6 Å². The number of fused-ring (bicyclic) bond motifs is 1. The molecule has 1 heterocycles. The molecule has 0 saturated heterocycles. The molecule has 4 nitrogen and oxygen atoms in total. The molecule has 0 saturated carbocycles. The van der Waals surface area contributed by atoms with Gasteiger partial charge in [0.25, 0.3) is 0 Å². The molecule has 102 valence electrons. The van der Waals surface area contributed by atoms with Gasteiger partial charge >= 0.3 is 0 Å². The number of aromatic nitrogens is 1. The first kappa shape index (κ1) is 14.0. The molecule has 0 atom stereocenters. The summed E-state index contributed by atoms with van der Waals surface area (Å²) in [7, 11) is -1.80. The van der Waals surface area contributed by atoms with Gasteiger partial charge < -0.3 is 0 Å². The minimum atomic E-state index is -3.43. The molecule has 0 spiro atoms. The zero-order valence-corrected chi connectivity index (χ0v) is 12.0. The van der Waals surface area contributed by atoms with E-state index in [1.54, 1.807) is 37.6 Å². The summed E-state index contributed by atoms with van der Waals surface area (Å²) in [5.41, 5.74) is 0. The summed E-state index contributed by atoms with van der Waals surface area (Å²) >= 11 is 0. The SMILES string of the molecule is CCCCN(C)S(=O)(=O)c1cccc2cnccc12. The molecule has 0 radical (unpaired) electrons. The van der Waals surface area contributed by atoms with Gasteiger partial charge in [-0.2, -0.15) is 0 Å². The van der Waals surface area contributed by atoms with Gasteiger partial charge in [-0.05, 0) is 18.6 Å². The molecule has 5 heteroatoms. The van der Waals surface area contributed by atoms with Crippen molar-refractivity contribution in [2.75, 3.05) is 13.6 Å². The maximum atomic E-state index is 12.6. The van der Waals surface area contributed by atoms with Crippen LogP contribution in [-0.4, -0.2) is 31.3 Å². The number of unbranched alkanes of at least 4 members (excludes halogenated alkanes) is 1. The zero-order valence-electron chi connectivity index (χ0n) is 11.2. The fourth-order valence-corrected chi connectivity index (χ4v) is 3.41. The van der Waals surface area contributed by atoms with E-state index in [9.17, 15) is 8.42 Å². The second kappa shape index (κ2) is 5.67. The molecule has 1 aromatic carbocycles. The topological polar surface area (TPSA) is 50.3 Å². The normalized spacial score (nSPS) is 12.2. The average molecular weight is 278 g/mol. The first-order chi connectivity index (χ1) is 9.07. The van der Waals surface area contributed by atoms with Crippen molar-refractivity contribution in [1.29, 1.82) is 0 Å². The Hall–Kier alpha value is -1.46. The number of hydrogen-bond acceptors (Lipinski definition) is 3. The van der Waals surface area contributed by atoms with Crippen molar-refractivity contribution in [2.24, 2.45) is 0 Å². The van der Waals surface area contributed by atoms with Crippen LogP contribution in [-0.2, 0) is 10.0 Å². The molecule has 0 unspecified atom stereocenters. The summed E-state index contributed by atoms with van der Waals surface area (Å²) in [6, 6.07) is 7.02. The van der Waals surface area contributed by atoms with Gasteiger partial charge in [0.05, 0.1) is 4.90 Å². The Kier molecular flexibility index (Phi) is 4.17. The van der Waals surface area contributed by atoms with E-state index in [0.29, 0.717) is 11.4 Å². The van der Waals surface area contributed by atoms with Crippen molar-refractivity contribution in [1.82, 2.24) is 9.29 Å². The molecule has 1 aromatic heterocycles. The Balaban J connectivity index is 2.49. The van der Waals surface area contributed by atoms with Gasteiger partial charge in [-0.25, -0.2) is 12.7 Å².